The smallest absolute Gasteiger partial charge is 0.238 e. The molecule has 2 aromatic heterocycles. The fraction of sp³-hybridized carbons (Fsp3) is 0.480. The molecule has 178 valence electrons. The Morgan fingerprint density at radius 2 is 1.88 bits per heavy atom. The van der Waals surface area contributed by atoms with E-state index in [1.54, 1.807) is 17.3 Å². The number of aliphatic hydroxyl groups excluding tert-OH is 1. The molecule has 9 heteroatoms. The van der Waals surface area contributed by atoms with Crippen molar-refractivity contribution in [1.82, 2.24) is 14.9 Å². The second-order valence-electron chi connectivity index (χ2n) is 9.57. The number of carbonyl (C=O) groups is 1. The molecule has 5 rings (SSSR count). The lowest BCUT2D eigenvalue weighted by Gasteiger charge is -2.41. The highest BCUT2D eigenvalue weighted by Crippen LogP contribution is 2.35. The first-order chi connectivity index (χ1) is 16.3. The van der Waals surface area contributed by atoms with Gasteiger partial charge in [-0.1, -0.05) is 24.6 Å². The van der Waals surface area contributed by atoms with E-state index in [4.69, 9.17) is 16.6 Å². The van der Waals surface area contributed by atoms with Gasteiger partial charge in [0.2, 0.25) is 11.9 Å². The molecule has 0 spiro atoms. The van der Waals surface area contributed by atoms with E-state index < -0.39 is 5.92 Å². The zero-order chi connectivity index (χ0) is 24.0. The number of nitrogens with zero attached hydrogens (tertiary/aromatic N) is 6. The Morgan fingerprint density at radius 1 is 1.12 bits per heavy atom. The highest BCUT2D eigenvalue weighted by Gasteiger charge is 2.43. The number of aromatic nitrogens is 2. The predicted molar refractivity (Wildman–Crippen MR) is 133 cm³/mol. The minimum absolute atomic E-state index is 0.0573. The van der Waals surface area contributed by atoms with E-state index >= 15 is 0 Å². The van der Waals surface area contributed by atoms with E-state index in [0.29, 0.717) is 36.2 Å². The highest BCUT2D eigenvalue weighted by atomic mass is 35.5. The third-order valence-electron chi connectivity index (χ3n) is 6.92. The molecule has 3 aliphatic rings. The minimum atomic E-state index is -0.428. The summed E-state index contributed by atoms with van der Waals surface area (Å²) in [5.41, 5.74) is 3.64. The second kappa shape index (κ2) is 9.07. The number of aryl methyl sites for hydroxylation is 2. The summed E-state index contributed by atoms with van der Waals surface area (Å²) < 4.78 is 0. The Morgan fingerprint density at radius 3 is 2.62 bits per heavy atom. The zero-order valence-electron chi connectivity index (χ0n) is 19.6. The molecule has 2 fully saturated rings. The lowest BCUT2D eigenvalue weighted by molar-refractivity contribution is -0.122. The Labute approximate surface area is 204 Å². The molecule has 0 bridgehead atoms. The number of pyridine rings is 2. The molecule has 0 aliphatic carbocycles. The van der Waals surface area contributed by atoms with E-state index in [2.05, 4.69) is 32.9 Å². The van der Waals surface area contributed by atoms with E-state index in [1.807, 2.05) is 26.1 Å². The van der Waals surface area contributed by atoms with Crippen LogP contribution in [0.15, 0.2) is 34.5 Å². The number of aliphatic hydroxyl groups is 1. The quantitative estimate of drug-likeness (QED) is 0.711. The van der Waals surface area contributed by atoms with Crippen molar-refractivity contribution in [3.8, 4) is 11.3 Å². The van der Waals surface area contributed by atoms with Crippen LogP contribution < -0.4 is 4.90 Å². The van der Waals surface area contributed by atoms with Crippen LogP contribution in [0.2, 0.25) is 5.02 Å². The molecular weight excluding hydrogens is 452 g/mol. The van der Waals surface area contributed by atoms with Crippen LogP contribution in [0.5, 0.6) is 0 Å². The number of hydrogen-bond donors (Lipinski definition) is 1. The number of hydrogen-bond acceptors (Lipinski definition) is 7. The Balaban J connectivity index is 1.41. The number of guanidine groups is 1. The van der Waals surface area contributed by atoms with Crippen molar-refractivity contribution in [1.29, 1.82) is 0 Å². The average Bonchev–Trinajstić information content (AvgIpc) is 2.82. The van der Waals surface area contributed by atoms with Crippen molar-refractivity contribution < 1.29 is 9.90 Å². The van der Waals surface area contributed by atoms with Crippen LogP contribution in [-0.2, 0) is 4.79 Å². The van der Waals surface area contributed by atoms with Gasteiger partial charge in [-0.2, -0.15) is 0 Å². The van der Waals surface area contributed by atoms with Gasteiger partial charge in [-0.3, -0.25) is 14.7 Å². The maximum absolute atomic E-state index is 13.5. The van der Waals surface area contributed by atoms with Crippen LogP contribution in [0.4, 0.5) is 5.82 Å². The van der Waals surface area contributed by atoms with Crippen LogP contribution in [0.25, 0.3) is 11.3 Å². The third-order valence-corrected chi connectivity index (χ3v) is 7.22. The molecule has 34 heavy (non-hydrogen) atoms. The lowest BCUT2D eigenvalue weighted by Crippen LogP contribution is -2.55. The highest BCUT2D eigenvalue weighted by molar-refractivity contribution is 6.33. The van der Waals surface area contributed by atoms with Gasteiger partial charge in [-0.25, -0.2) is 15.0 Å². The van der Waals surface area contributed by atoms with Crippen LogP contribution in [-0.4, -0.2) is 69.8 Å². The summed E-state index contributed by atoms with van der Waals surface area (Å²) in [7, 11) is 0. The van der Waals surface area contributed by atoms with E-state index in [-0.39, 0.29) is 24.0 Å². The van der Waals surface area contributed by atoms with Gasteiger partial charge in [-0.05, 0) is 49.8 Å². The van der Waals surface area contributed by atoms with Crippen molar-refractivity contribution in [3.05, 3.63) is 40.7 Å². The van der Waals surface area contributed by atoms with Gasteiger partial charge >= 0.3 is 0 Å². The van der Waals surface area contributed by atoms with Crippen LogP contribution in [0, 0.1) is 25.7 Å². The number of amides is 1. The SMILES string of the molecule is Cc1cnc(-c2cc(N3CC(C)C4N=C(N5CCC(O)CC5)N=CC4C3=O)ncc2Cl)c(C)c1. The molecule has 1 amide bonds. The fourth-order valence-electron chi connectivity index (χ4n) is 5.03. The Kier molecular flexibility index (Phi) is 6.12. The van der Waals surface area contributed by atoms with E-state index in [9.17, 15) is 9.90 Å². The fourth-order valence-corrected chi connectivity index (χ4v) is 5.22. The van der Waals surface area contributed by atoms with Gasteiger partial charge in [0.1, 0.15) is 5.82 Å². The molecule has 0 radical (unpaired) electrons. The van der Waals surface area contributed by atoms with Gasteiger partial charge < -0.3 is 10.0 Å². The van der Waals surface area contributed by atoms with E-state index in [1.165, 1.54) is 0 Å². The number of likely N-dealkylation sites (tertiary alicyclic amines) is 1. The van der Waals surface area contributed by atoms with Crippen molar-refractivity contribution >= 4 is 35.5 Å². The number of aliphatic imine (C=N–C) groups is 2. The summed E-state index contributed by atoms with van der Waals surface area (Å²) in [6, 6.07) is 3.76. The zero-order valence-corrected chi connectivity index (χ0v) is 20.4. The average molecular weight is 481 g/mol. The summed E-state index contributed by atoms with van der Waals surface area (Å²) in [6.45, 7) is 8.08. The first-order valence-electron chi connectivity index (χ1n) is 11.8. The number of carbonyl (C=O) groups excluding carboxylic acids is 1. The molecule has 2 aromatic rings. The van der Waals surface area contributed by atoms with Gasteiger partial charge in [0.05, 0.1) is 28.8 Å². The molecule has 3 aliphatic heterocycles. The van der Waals surface area contributed by atoms with Crippen molar-refractivity contribution in [2.24, 2.45) is 21.8 Å². The standard InChI is InChI=1S/C25H29ClN6O2/c1-14-8-15(2)22(28-10-14)18-9-21(27-12-20(18)26)32-13-16(3)23-19(24(32)34)11-29-25(30-23)31-6-4-17(33)5-7-31/h8-12,16-17,19,23,33H,4-7,13H2,1-3H3. The van der Waals surface area contributed by atoms with Crippen LogP contribution >= 0.6 is 11.6 Å². The molecule has 3 unspecified atom stereocenters. The summed E-state index contributed by atoms with van der Waals surface area (Å²) in [6.07, 6.45) is 6.32. The van der Waals surface area contributed by atoms with Crippen molar-refractivity contribution in [3.63, 3.8) is 0 Å². The van der Waals surface area contributed by atoms with Crippen LogP contribution in [0.1, 0.15) is 30.9 Å². The molecule has 5 heterocycles. The Hall–Kier alpha value is -2.84. The summed E-state index contributed by atoms with van der Waals surface area (Å²) in [5, 5.41) is 10.3. The largest absolute Gasteiger partial charge is 0.393 e. The second-order valence-corrected chi connectivity index (χ2v) is 9.98. The number of anilines is 1. The van der Waals surface area contributed by atoms with Gasteiger partial charge in [0.15, 0.2) is 0 Å². The first-order valence-corrected chi connectivity index (χ1v) is 12.1. The normalized spacial score (nSPS) is 25.4. The molecule has 0 aromatic carbocycles. The number of rotatable bonds is 2. The maximum Gasteiger partial charge on any atom is 0.238 e. The number of fused-ring (bicyclic) bond motifs is 1. The number of halogens is 1. The van der Waals surface area contributed by atoms with Gasteiger partial charge in [0.25, 0.3) is 0 Å². The monoisotopic (exact) mass is 480 g/mol. The molecule has 3 atom stereocenters. The summed E-state index contributed by atoms with van der Waals surface area (Å²) in [4.78, 5) is 35.8. The predicted octanol–water partition coefficient (Wildman–Crippen LogP) is 3.28. The van der Waals surface area contributed by atoms with E-state index in [0.717, 1.165) is 35.5 Å². The van der Waals surface area contributed by atoms with Gasteiger partial charge in [-0.15, -0.1) is 0 Å². The van der Waals surface area contributed by atoms with Gasteiger partial charge in [0, 0.05) is 43.8 Å². The molecular formula is C25H29ClN6O2. The number of piperidine rings is 2. The summed E-state index contributed by atoms with van der Waals surface area (Å²) in [5.74, 6) is 0.875. The lowest BCUT2D eigenvalue weighted by atomic mass is 9.84. The Bertz CT molecular complexity index is 1170. The maximum atomic E-state index is 13.5. The minimum Gasteiger partial charge on any atom is -0.393 e. The molecule has 8 nitrogen and oxygen atoms in total. The topological polar surface area (TPSA) is 94.3 Å². The van der Waals surface area contributed by atoms with Crippen molar-refractivity contribution in [2.45, 2.75) is 45.8 Å². The molecule has 0 saturated carbocycles. The molecule has 2 saturated heterocycles. The third kappa shape index (κ3) is 4.20. The first kappa shape index (κ1) is 22.9. The molecule has 1 N–H and O–H groups in total. The van der Waals surface area contributed by atoms with Crippen molar-refractivity contribution in [2.75, 3.05) is 24.5 Å². The van der Waals surface area contributed by atoms with Crippen LogP contribution in [0.3, 0.4) is 0 Å². The summed E-state index contributed by atoms with van der Waals surface area (Å²) >= 11 is 6.49.